The van der Waals surface area contributed by atoms with E-state index in [4.69, 9.17) is 9.84 Å². The summed E-state index contributed by atoms with van der Waals surface area (Å²) in [5.74, 6) is 1.72. The molecular formula is C31H29N5O2. The van der Waals surface area contributed by atoms with E-state index in [2.05, 4.69) is 22.0 Å². The van der Waals surface area contributed by atoms with E-state index in [0.717, 1.165) is 45.5 Å². The Kier molecular flexibility index (Phi) is 6.17. The SMILES string of the molecule is CCOc1cccc([C@H]2c3cccn3-c3c(c(C)nn3-c3ccccc3)CN2C(=O)Nc2ccccc2)c1. The van der Waals surface area contributed by atoms with Gasteiger partial charge in [-0.1, -0.05) is 48.5 Å². The molecule has 0 saturated heterocycles. The predicted octanol–water partition coefficient (Wildman–Crippen LogP) is 6.51. The van der Waals surface area contributed by atoms with Crippen molar-refractivity contribution in [2.75, 3.05) is 11.9 Å². The van der Waals surface area contributed by atoms with Gasteiger partial charge in [0.2, 0.25) is 0 Å². The molecule has 7 heteroatoms. The lowest BCUT2D eigenvalue weighted by molar-refractivity contribution is 0.194. The van der Waals surface area contributed by atoms with Crippen LogP contribution in [-0.2, 0) is 6.54 Å². The van der Waals surface area contributed by atoms with Gasteiger partial charge in [-0.25, -0.2) is 9.48 Å². The van der Waals surface area contributed by atoms with Crippen LogP contribution in [0.5, 0.6) is 5.75 Å². The van der Waals surface area contributed by atoms with Crippen molar-refractivity contribution in [3.05, 3.63) is 126 Å². The van der Waals surface area contributed by atoms with Crippen LogP contribution in [0.15, 0.2) is 103 Å². The lowest BCUT2D eigenvalue weighted by atomic mass is 10.0. The van der Waals surface area contributed by atoms with Crippen molar-refractivity contribution in [3.8, 4) is 17.3 Å². The minimum absolute atomic E-state index is 0.185. The molecule has 0 fully saturated rings. The highest BCUT2D eigenvalue weighted by atomic mass is 16.5. The first kappa shape index (κ1) is 23.6. The van der Waals surface area contributed by atoms with Crippen molar-refractivity contribution in [1.82, 2.24) is 19.2 Å². The number of hydrogen-bond acceptors (Lipinski definition) is 3. The van der Waals surface area contributed by atoms with Crippen molar-refractivity contribution in [2.24, 2.45) is 0 Å². The monoisotopic (exact) mass is 503 g/mol. The summed E-state index contributed by atoms with van der Waals surface area (Å²) in [6.07, 6.45) is 2.05. The van der Waals surface area contributed by atoms with Crippen molar-refractivity contribution in [1.29, 1.82) is 0 Å². The lowest BCUT2D eigenvalue weighted by Gasteiger charge is -2.31. The zero-order chi connectivity index (χ0) is 26.1. The third-order valence-electron chi connectivity index (χ3n) is 6.86. The molecule has 1 N–H and O–H groups in total. The second kappa shape index (κ2) is 9.94. The van der Waals surface area contributed by atoms with Gasteiger partial charge in [-0.2, -0.15) is 5.10 Å². The van der Waals surface area contributed by atoms with E-state index < -0.39 is 0 Å². The van der Waals surface area contributed by atoms with Gasteiger partial charge in [0.25, 0.3) is 0 Å². The zero-order valence-electron chi connectivity index (χ0n) is 21.4. The Balaban J connectivity index is 1.54. The molecule has 2 amide bonds. The summed E-state index contributed by atoms with van der Waals surface area (Å²) in [4.78, 5) is 15.9. The number of amides is 2. The van der Waals surface area contributed by atoms with Gasteiger partial charge in [-0.15, -0.1) is 0 Å². The summed E-state index contributed by atoms with van der Waals surface area (Å²) >= 11 is 0. The van der Waals surface area contributed by atoms with E-state index in [1.807, 2.05) is 115 Å². The fraction of sp³-hybridized carbons (Fsp3) is 0.161. The molecule has 0 bridgehead atoms. The Morgan fingerprint density at radius 3 is 2.50 bits per heavy atom. The van der Waals surface area contributed by atoms with Gasteiger partial charge >= 0.3 is 6.03 Å². The Labute approximate surface area is 221 Å². The van der Waals surface area contributed by atoms with Crippen LogP contribution in [0.1, 0.15) is 35.5 Å². The van der Waals surface area contributed by atoms with Gasteiger partial charge < -0.3 is 19.5 Å². The number of anilines is 1. The molecule has 190 valence electrons. The maximum atomic E-state index is 14.0. The molecule has 3 heterocycles. The molecule has 6 rings (SSSR count). The summed E-state index contributed by atoms with van der Waals surface area (Å²) < 4.78 is 9.97. The quantitative estimate of drug-likeness (QED) is 0.297. The van der Waals surface area contributed by atoms with Crippen molar-refractivity contribution < 1.29 is 9.53 Å². The maximum absolute atomic E-state index is 14.0. The highest BCUT2D eigenvalue weighted by Gasteiger charge is 2.36. The Hall–Kier alpha value is -4.78. The molecule has 38 heavy (non-hydrogen) atoms. The lowest BCUT2D eigenvalue weighted by Crippen LogP contribution is -2.38. The van der Waals surface area contributed by atoms with Crippen LogP contribution in [0.3, 0.4) is 0 Å². The highest BCUT2D eigenvalue weighted by molar-refractivity contribution is 5.90. The van der Waals surface area contributed by atoms with Crippen molar-refractivity contribution in [3.63, 3.8) is 0 Å². The van der Waals surface area contributed by atoms with Crippen LogP contribution in [0.2, 0.25) is 0 Å². The number of fused-ring (bicyclic) bond motifs is 3. The number of nitrogens with one attached hydrogen (secondary N) is 1. The number of rotatable bonds is 5. The number of carbonyl (C=O) groups is 1. The summed E-state index contributed by atoms with van der Waals surface area (Å²) in [7, 11) is 0. The van der Waals surface area contributed by atoms with Gasteiger partial charge in [-0.05, 0) is 67.9 Å². The smallest absolute Gasteiger partial charge is 0.322 e. The molecule has 1 aliphatic heterocycles. The molecule has 0 aliphatic carbocycles. The molecule has 1 atom stereocenters. The van der Waals surface area contributed by atoms with E-state index >= 15 is 0 Å². The number of urea groups is 1. The number of aryl methyl sites for hydroxylation is 1. The Morgan fingerprint density at radius 2 is 1.74 bits per heavy atom. The third-order valence-corrected chi connectivity index (χ3v) is 6.86. The van der Waals surface area contributed by atoms with Gasteiger partial charge in [-0.3, -0.25) is 0 Å². The Morgan fingerprint density at radius 1 is 0.974 bits per heavy atom. The molecule has 2 aromatic heterocycles. The number of para-hydroxylation sites is 2. The van der Waals surface area contributed by atoms with E-state index in [0.29, 0.717) is 13.2 Å². The summed E-state index contributed by atoms with van der Waals surface area (Å²) in [5.41, 5.74) is 5.53. The van der Waals surface area contributed by atoms with Gasteiger partial charge in [0.1, 0.15) is 11.6 Å². The molecule has 7 nitrogen and oxygen atoms in total. The topological polar surface area (TPSA) is 64.3 Å². The largest absolute Gasteiger partial charge is 0.494 e. The second-order valence-corrected chi connectivity index (χ2v) is 9.27. The van der Waals surface area contributed by atoms with Gasteiger partial charge in [0.15, 0.2) is 0 Å². The number of aromatic nitrogens is 3. The van der Waals surface area contributed by atoms with E-state index in [9.17, 15) is 4.79 Å². The fourth-order valence-electron chi connectivity index (χ4n) is 5.16. The van der Waals surface area contributed by atoms with Crippen LogP contribution in [0.25, 0.3) is 11.5 Å². The number of nitrogens with zero attached hydrogens (tertiary/aromatic N) is 4. The summed E-state index contributed by atoms with van der Waals surface area (Å²) in [5, 5.41) is 8.02. The van der Waals surface area contributed by atoms with Crippen LogP contribution in [0, 0.1) is 6.92 Å². The number of hydrogen-bond donors (Lipinski definition) is 1. The standard InChI is InChI=1S/C31H29N5O2/c1-3-38-26-17-10-12-23(20-26)29-28-18-11-19-34(28)30-27(22(2)33-36(30)25-15-8-5-9-16-25)21-35(29)31(37)32-24-13-6-4-7-14-24/h4-20,29H,3,21H2,1-2H3,(H,32,37)/t29-/m0/s1. The van der Waals surface area contributed by atoms with Crippen LogP contribution < -0.4 is 10.1 Å². The first-order chi connectivity index (χ1) is 18.6. The zero-order valence-corrected chi connectivity index (χ0v) is 21.4. The average Bonchev–Trinajstić information content (AvgIpc) is 3.50. The Bertz CT molecular complexity index is 1570. The number of ether oxygens (including phenoxy) is 1. The van der Waals surface area contributed by atoms with Gasteiger partial charge in [0, 0.05) is 17.4 Å². The van der Waals surface area contributed by atoms with E-state index in [1.54, 1.807) is 0 Å². The third kappa shape index (κ3) is 4.22. The molecule has 1 aliphatic rings. The van der Waals surface area contributed by atoms with Gasteiger partial charge in [0.05, 0.1) is 36.3 Å². The minimum Gasteiger partial charge on any atom is -0.494 e. The summed E-state index contributed by atoms with van der Waals surface area (Å²) in [6.45, 7) is 4.93. The van der Waals surface area contributed by atoms with Crippen molar-refractivity contribution >= 4 is 11.7 Å². The molecule has 3 aromatic carbocycles. The van der Waals surface area contributed by atoms with Crippen LogP contribution in [-0.4, -0.2) is 31.9 Å². The maximum Gasteiger partial charge on any atom is 0.322 e. The predicted molar refractivity (Wildman–Crippen MR) is 148 cm³/mol. The van der Waals surface area contributed by atoms with Crippen molar-refractivity contribution in [2.45, 2.75) is 26.4 Å². The number of benzene rings is 3. The number of carbonyl (C=O) groups excluding carboxylic acids is 1. The molecule has 0 unspecified atom stereocenters. The molecule has 0 saturated carbocycles. The van der Waals surface area contributed by atoms with E-state index in [-0.39, 0.29) is 12.1 Å². The second-order valence-electron chi connectivity index (χ2n) is 9.27. The van der Waals surface area contributed by atoms with Crippen LogP contribution >= 0.6 is 0 Å². The molecule has 0 radical (unpaired) electrons. The van der Waals surface area contributed by atoms with E-state index in [1.165, 1.54) is 0 Å². The molecule has 5 aromatic rings. The normalized spacial score (nSPS) is 14.4. The summed E-state index contributed by atoms with van der Waals surface area (Å²) in [6, 6.07) is 31.2. The fourth-order valence-corrected chi connectivity index (χ4v) is 5.16. The first-order valence-corrected chi connectivity index (χ1v) is 12.8. The highest BCUT2D eigenvalue weighted by Crippen LogP contribution is 2.39. The average molecular weight is 504 g/mol. The van der Waals surface area contributed by atoms with Crippen LogP contribution in [0.4, 0.5) is 10.5 Å². The molecular weight excluding hydrogens is 474 g/mol. The first-order valence-electron chi connectivity index (χ1n) is 12.8. The minimum atomic E-state index is -0.356. The molecule has 0 spiro atoms.